The van der Waals surface area contributed by atoms with Crippen LogP contribution in [0.1, 0.15) is 17.7 Å². The van der Waals surface area contributed by atoms with Crippen LogP contribution >= 0.6 is 11.6 Å². The summed E-state index contributed by atoms with van der Waals surface area (Å²) < 4.78 is 2.40. The molecule has 0 atom stereocenters. The number of halogens is 1. The number of para-hydroxylation sites is 1. The predicted molar refractivity (Wildman–Crippen MR) is 191 cm³/mol. The van der Waals surface area contributed by atoms with E-state index >= 15 is 0 Å². The van der Waals surface area contributed by atoms with Crippen molar-refractivity contribution in [3.8, 4) is 27.9 Å². The molecule has 8 rings (SSSR count). The molecule has 0 saturated heterocycles. The van der Waals surface area contributed by atoms with Crippen LogP contribution in [0.2, 0.25) is 5.02 Å². The molecular formula is C42H31ClN2. The third-order valence-corrected chi connectivity index (χ3v) is 8.96. The van der Waals surface area contributed by atoms with Crippen molar-refractivity contribution in [2.45, 2.75) is 12.8 Å². The SMILES string of the molecule is Clc1cccc(N(c2ccc(-c3ccccc3)cc2)c2ccc(-c3ccc4c(c3)c3c(n4-c4ccccc4)C=CCC3)cc2)c1. The number of aromatic nitrogens is 1. The van der Waals surface area contributed by atoms with E-state index in [0.717, 1.165) is 29.9 Å². The first-order chi connectivity index (χ1) is 22.2. The molecule has 0 bridgehead atoms. The lowest BCUT2D eigenvalue weighted by Gasteiger charge is -2.26. The number of hydrogen-bond acceptors (Lipinski definition) is 1. The summed E-state index contributed by atoms with van der Waals surface area (Å²) in [4.78, 5) is 2.26. The van der Waals surface area contributed by atoms with Gasteiger partial charge in [-0.15, -0.1) is 0 Å². The Morgan fingerprint density at radius 2 is 1.16 bits per heavy atom. The third-order valence-electron chi connectivity index (χ3n) is 8.72. The number of hydrogen-bond donors (Lipinski definition) is 0. The Balaban J connectivity index is 1.18. The van der Waals surface area contributed by atoms with Gasteiger partial charge in [-0.25, -0.2) is 0 Å². The summed E-state index contributed by atoms with van der Waals surface area (Å²) in [5, 5.41) is 2.04. The first-order valence-corrected chi connectivity index (χ1v) is 15.8. The van der Waals surface area contributed by atoms with E-state index in [4.69, 9.17) is 11.6 Å². The van der Waals surface area contributed by atoms with Gasteiger partial charge in [0.05, 0.1) is 5.52 Å². The molecule has 0 fully saturated rings. The fraction of sp³-hybridized carbons (Fsp3) is 0.0476. The van der Waals surface area contributed by atoms with Crippen molar-refractivity contribution in [3.63, 3.8) is 0 Å². The van der Waals surface area contributed by atoms with Crippen molar-refractivity contribution in [2.75, 3.05) is 4.90 Å². The second-order valence-corrected chi connectivity index (χ2v) is 11.9. The van der Waals surface area contributed by atoms with E-state index in [9.17, 15) is 0 Å². The van der Waals surface area contributed by atoms with Gasteiger partial charge in [0.1, 0.15) is 0 Å². The van der Waals surface area contributed by atoms with Gasteiger partial charge in [0.2, 0.25) is 0 Å². The van der Waals surface area contributed by atoms with Crippen LogP contribution in [-0.4, -0.2) is 4.57 Å². The highest BCUT2D eigenvalue weighted by Crippen LogP contribution is 2.39. The molecule has 2 nitrogen and oxygen atoms in total. The summed E-state index contributed by atoms with van der Waals surface area (Å²) >= 11 is 6.48. The summed E-state index contributed by atoms with van der Waals surface area (Å²) in [6, 6.07) is 53.7. The molecule has 0 N–H and O–H groups in total. The fourth-order valence-electron chi connectivity index (χ4n) is 6.57. The van der Waals surface area contributed by atoms with Crippen LogP contribution in [0, 0.1) is 0 Å². The van der Waals surface area contributed by atoms with Gasteiger partial charge < -0.3 is 9.47 Å². The Hall–Kier alpha value is -5.31. The minimum atomic E-state index is 0.712. The number of anilines is 3. The van der Waals surface area contributed by atoms with Crippen molar-refractivity contribution in [1.29, 1.82) is 0 Å². The molecule has 45 heavy (non-hydrogen) atoms. The topological polar surface area (TPSA) is 8.17 Å². The zero-order valence-electron chi connectivity index (χ0n) is 24.8. The average molecular weight is 599 g/mol. The minimum absolute atomic E-state index is 0.712. The highest BCUT2D eigenvalue weighted by atomic mass is 35.5. The van der Waals surface area contributed by atoms with Gasteiger partial charge >= 0.3 is 0 Å². The zero-order valence-corrected chi connectivity index (χ0v) is 25.5. The van der Waals surface area contributed by atoms with Gasteiger partial charge in [-0.2, -0.15) is 0 Å². The van der Waals surface area contributed by atoms with E-state index < -0.39 is 0 Å². The summed E-state index contributed by atoms with van der Waals surface area (Å²) in [5.41, 5.74) is 13.2. The Bertz CT molecular complexity index is 2140. The Kier molecular flexibility index (Phi) is 7.05. The van der Waals surface area contributed by atoms with Gasteiger partial charge in [-0.1, -0.05) is 103 Å². The van der Waals surface area contributed by atoms with Gasteiger partial charge in [-0.3, -0.25) is 0 Å². The smallest absolute Gasteiger partial charge is 0.0538 e. The number of benzene rings is 6. The van der Waals surface area contributed by atoms with Gasteiger partial charge in [0.15, 0.2) is 0 Å². The molecule has 1 aromatic heterocycles. The highest BCUT2D eigenvalue weighted by Gasteiger charge is 2.19. The van der Waals surface area contributed by atoms with Crippen LogP contribution in [0.15, 0.2) is 158 Å². The van der Waals surface area contributed by atoms with E-state index in [1.54, 1.807) is 0 Å². The first-order valence-electron chi connectivity index (χ1n) is 15.4. The summed E-state index contributed by atoms with van der Waals surface area (Å²) in [6.07, 6.45) is 6.71. The monoisotopic (exact) mass is 598 g/mol. The Labute approximate surface area is 269 Å². The molecule has 0 spiro atoms. The molecule has 1 heterocycles. The van der Waals surface area contributed by atoms with E-state index in [0.29, 0.717) is 5.02 Å². The van der Waals surface area contributed by atoms with E-state index in [-0.39, 0.29) is 0 Å². The number of aryl methyl sites for hydroxylation is 1. The van der Waals surface area contributed by atoms with Gasteiger partial charge in [0, 0.05) is 38.9 Å². The largest absolute Gasteiger partial charge is 0.310 e. The molecule has 3 heteroatoms. The highest BCUT2D eigenvalue weighted by molar-refractivity contribution is 6.30. The zero-order chi connectivity index (χ0) is 30.2. The maximum absolute atomic E-state index is 6.48. The molecular weight excluding hydrogens is 568 g/mol. The molecule has 0 aliphatic heterocycles. The van der Waals surface area contributed by atoms with Crippen molar-refractivity contribution >= 4 is 45.6 Å². The summed E-state index contributed by atoms with van der Waals surface area (Å²) in [7, 11) is 0. The summed E-state index contributed by atoms with van der Waals surface area (Å²) in [5.74, 6) is 0. The Morgan fingerprint density at radius 3 is 1.84 bits per heavy atom. The number of nitrogens with zero attached hydrogens (tertiary/aromatic N) is 2. The van der Waals surface area contributed by atoms with Crippen molar-refractivity contribution in [3.05, 3.63) is 174 Å². The molecule has 0 unspecified atom stereocenters. The first kappa shape index (κ1) is 27.3. The third kappa shape index (κ3) is 5.14. The van der Waals surface area contributed by atoms with Crippen LogP contribution in [0.25, 0.3) is 44.9 Å². The van der Waals surface area contributed by atoms with E-state index in [2.05, 4.69) is 149 Å². The van der Waals surface area contributed by atoms with Crippen molar-refractivity contribution in [1.82, 2.24) is 4.57 Å². The molecule has 1 aliphatic rings. The number of allylic oxidation sites excluding steroid dienone is 1. The second kappa shape index (κ2) is 11.6. The maximum Gasteiger partial charge on any atom is 0.0538 e. The van der Waals surface area contributed by atoms with Crippen LogP contribution in [0.3, 0.4) is 0 Å². The van der Waals surface area contributed by atoms with Crippen LogP contribution < -0.4 is 4.90 Å². The Morgan fingerprint density at radius 1 is 0.533 bits per heavy atom. The second-order valence-electron chi connectivity index (χ2n) is 11.5. The standard InChI is InChI=1S/C42H31ClN2/c43-34-12-9-15-38(29-34)44(36-23-18-31(19-24-36)30-10-3-1-4-11-30)37-25-20-32(21-26-37)33-22-27-42-40(28-33)39-16-7-8-17-41(39)45(42)35-13-5-2-6-14-35/h1-6,8-15,17-29H,7,16H2. The molecule has 0 radical (unpaired) electrons. The van der Waals surface area contributed by atoms with E-state index in [1.807, 2.05) is 24.3 Å². The van der Waals surface area contributed by atoms with Crippen molar-refractivity contribution < 1.29 is 0 Å². The molecule has 0 amide bonds. The lowest BCUT2D eigenvalue weighted by atomic mass is 9.97. The lowest BCUT2D eigenvalue weighted by Crippen LogP contribution is -2.09. The van der Waals surface area contributed by atoms with Crippen LogP contribution in [0.4, 0.5) is 17.1 Å². The molecule has 7 aromatic rings. The molecule has 6 aromatic carbocycles. The fourth-order valence-corrected chi connectivity index (χ4v) is 6.75. The average Bonchev–Trinajstić information content (AvgIpc) is 3.44. The molecule has 0 saturated carbocycles. The van der Waals surface area contributed by atoms with Crippen LogP contribution in [-0.2, 0) is 6.42 Å². The quantitative estimate of drug-likeness (QED) is 0.185. The maximum atomic E-state index is 6.48. The van der Waals surface area contributed by atoms with E-state index in [1.165, 1.54) is 50.1 Å². The lowest BCUT2D eigenvalue weighted by molar-refractivity contribution is 0.967. The summed E-state index contributed by atoms with van der Waals surface area (Å²) in [6.45, 7) is 0. The number of fused-ring (bicyclic) bond motifs is 3. The molecule has 1 aliphatic carbocycles. The normalized spacial score (nSPS) is 12.3. The minimum Gasteiger partial charge on any atom is -0.310 e. The molecule has 216 valence electrons. The predicted octanol–water partition coefficient (Wildman–Crippen LogP) is 12.0. The van der Waals surface area contributed by atoms with Crippen molar-refractivity contribution in [2.24, 2.45) is 0 Å². The number of rotatable bonds is 6. The van der Waals surface area contributed by atoms with Crippen LogP contribution in [0.5, 0.6) is 0 Å². The van der Waals surface area contributed by atoms with Gasteiger partial charge in [-0.05, 0) is 113 Å². The van der Waals surface area contributed by atoms with Gasteiger partial charge in [0.25, 0.3) is 0 Å².